The molecule has 1 saturated carbocycles. The van der Waals surface area contributed by atoms with Crippen molar-refractivity contribution in [2.75, 3.05) is 17.7 Å². The van der Waals surface area contributed by atoms with Gasteiger partial charge >= 0.3 is 0 Å². The highest BCUT2D eigenvalue weighted by Crippen LogP contribution is 2.31. The van der Waals surface area contributed by atoms with Crippen LogP contribution in [0.4, 0.5) is 11.6 Å². The van der Waals surface area contributed by atoms with E-state index in [9.17, 15) is 0 Å². The van der Waals surface area contributed by atoms with Gasteiger partial charge in [-0.15, -0.1) is 0 Å². The zero-order valence-electron chi connectivity index (χ0n) is 12.5. The molecule has 3 unspecified atom stereocenters. The maximum absolute atomic E-state index is 4.59. The minimum Gasteiger partial charge on any atom is -0.373 e. The normalized spacial score (nSPS) is 27.1. The van der Waals surface area contributed by atoms with E-state index in [0.717, 1.165) is 29.8 Å². The smallest absolute Gasteiger partial charge is 0.132 e. The van der Waals surface area contributed by atoms with Gasteiger partial charge in [0.2, 0.25) is 0 Å². The highest BCUT2D eigenvalue weighted by atomic mass is 15.1. The maximum atomic E-state index is 4.59. The van der Waals surface area contributed by atoms with Crippen LogP contribution in [-0.2, 0) is 6.42 Å². The lowest BCUT2D eigenvalue weighted by Crippen LogP contribution is -2.35. The third-order valence-corrected chi connectivity index (χ3v) is 4.38. The molecule has 0 aromatic carbocycles. The Hall–Kier alpha value is -1.32. The molecule has 2 rings (SSSR count). The molecule has 1 heterocycles. The van der Waals surface area contributed by atoms with E-state index in [4.69, 9.17) is 0 Å². The second kappa shape index (κ2) is 6.22. The van der Waals surface area contributed by atoms with E-state index < -0.39 is 0 Å². The molecule has 0 bridgehead atoms. The molecule has 19 heavy (non-hydrogen) atoms. The van der Waals surface area contributed by atoms with Crippen molar-refractivity contribution in [3.8, 4) is 0 Å². The van der Waals surface area contributed by atoms with Gasteiger partial charge in [-0.1, -0.05) is 33.6 Å². The van der Waals surface area contributed by atoms with Gasteiger partial charge in [-0.2, -0.15) is 0 Å². The Kier molecular flexibility index (Phi) is 4.61. The lowest BCUT2D eigenvalue weighted by Gasteiger charge is -2.35. The third kappa shape index (κ3) is 3.37. The van der Waals surface area contributed by atoms with E-state index in [1.54, 1.807) is 0 Å². The minimum atomic E-state index is 0.535. The summed E-state index contributed by atoms with van der Waals surface area (Å²) in [6.07, 6.45) is 4.77. The number of hydrogen-bond donors (Lipinski definition) is 2. The standard InChI is InChI=1S/C15H26N4/c1-5-13-18-14(16-4)9-15(19-13)17-12-8-6-7-10(2)11(12)3/h9-12H,5-8H2,1-4H3,(H2,16,17,18,19). The molecule has 0 aliphatic heterocycles. The number of rotatable bonds is 4. The molecule has 4 heteroatoms. The van der Waals surface area contributed by atoms with E-state index >= 15 is 0 Å². The summed E-state index contributed by atoms with van der Waals surface area (Å²) in [6.45, 7) is 6.79. The van der Waals surface area contributed by atoms with Crippen LogP contribution in [0.5, 0.6) is 0 Å². The van der Waals surface area contributed by atoms with Gasteiger partial charge < -0.3 is 10.6 Å². The van der Waals surface area contributed by atoms with Gasteiger partial charge in [0, 0.05) is 25.6 Å². The van der Waals surface area contributed by atoms with E-state index in [1.807, 2.05) is 13.1 Å². The predicted molar refractivity (Wildman–Crippen MR) is 80.5 cm³/mol. The van der Waals surface area contributed by atoms with Crippen LogP contribution in [0.3, 0.4) is 0 Å². The average Bonchev–Trinajstić information content (AvgIpc) is 2.43. The first-order valence-electron chi connectivity index (χ1n) is 7.46. The Bertz CT molecular complexity index is 396. The summed E-state index contributed by atoms with van der Waals surface area (Å²) in [5.74, 6) is 4.24. The maximum Gasteiger partial charge on any atom is 0.132 e. The van der Waals surface area contributed by atoms with Gasteiger partial charge in [-0.25, -0.2) is 9.97 Å². The second-order valence-corrected chi connectivity index (χ2v) is 5.68. The van der Waals surface area contributed by atoms with Crippen molar-refractivity contribution in [1.29, 1.82) is 0 Å². The molecular weight excluding hydrogens is 236 g/mol. The molecule has 1 aromatic rings. The summed E-state index contributed by atoms with van der Waals surface area (Å²) in [5, 5.41) is 6.73. The summed E-state index contributed by atoms with van der Waals surface area (Å²) >= 11 is 0. The second-order valence-electron chi connectivity index (χ2n) is 5.68. The van der Waals surface area contributed by atoms with Crippen molar-refractivity contribution in [3.63, 3.8) is 0 Å². The summed E-state index contributed by atoms with van der Waals surface area (Å²) in [5.41, 5.74) is 0. The molecule has 4 nitrogen and oxygen atoms in total. The molecule has 0 amide bonds. The van der Waals surface area contributed by atoms with Crippen LogP contribution in [0.2, 0.25) is 0 Å². The van der Waals surface area contributed by atoms with Gasteiger partial charge in [0.05, 0.1) is 0 Å². The number of anilines is 2. The highest BCUT2D eigenvalue weighted by molar-refractivity contribution is 5.47. The molecule has 0 spiro atoms. The molecule has 0 radical (unpaired) electrons. The van der Waals surface area contributed by atoms with Gasteiger partial charge in [0.1, 0.15) is 17.5 Å². The van der Waals surface area contributed by atoms with Gasteiger partial charge in [-0.05, 0) is 18.3 Å². The zero-order chi connectivity index (χ0) is 13.8. The third-order valence-electron chi connectivity index (χ3n) is 4.38. The van der Waals surface area contributed by atoms with Crippen LogP contribution in [-0.4, -0.2) is 23.1 Å². The molecule has 1 aliphatic carbocycles. The lowest BCUT2D eigenvalue weighted by molar-refractivity contribution is 0.253. The zero-order valence-corrected chi connectivity index (χ0v) is 12.5. The molecular formula is C15H26N4. The van der Waals surface area contributed by atoms with Gasteiger partial charge in [0.15, 0.2) is 0 Å². The van der Waals surface area contributed by atoms with Crippen molar-refractivity contribution in [3.05, 3.63) is 11.9 Å². The molecule has 2 N–H and O–H groups in total. The average molecular weight is 262 g/mol. The summed E-state index contributed by atoms with van der Waals surface area (Å²) in [4.78, 5) is 9.03. The first-order chi connectivity index (χ1) is 9.13. The fourth-order valence-corrected chi connectivity index (χ4v) is 2.83. The number of hydrogen-bond acceptors (Lipinski definition) is 4. The molecule has 3 atom stereocenters. The molecule has 0 saturated heterocycles. The minimum absolute atomic E-state index is 0.535. The van der Waals surface area contributed by atoms with Gasteiger partial charge in [-0.3, -0.25) is 0 Å². The van der Waals surface area contributed by atoms with Crippen LogP contribution >= 0.6 is 0 Å². The number of nitrogens with one attached hydrogen (secondary N) is 2. The number of aryl methyl sites for hydroxylation is 1. The van der Waals surface area contributed by atoms with Crippen LogP contribution in [0.25, 0.3) is 0 Å². The van der Waals surface area contributed by atoms with E-state index in [0.29, 0.717) is 12.0 Å². The van der Waals surface area contributed by atoms with Crippen LogP contribution in [0, 0.1) is 11.8 Å². The molecule has 106 valence electrons. The number of nitrogens with zero attached hydrogens (tertiary/aromatic N) is 2. The Morgan fingerprint density at radius 3 is 2.63 bits per heavy atom. The van der Waals surface area contributed by atoms with Crippen molar-refractivity contribution in [1.82, 2.24) is 9.97 Å². The molecule has 1 aromatic heterocycles. The summed E-state index contributed by atoms with van der Waals surface area (Å²) in [7, 11) is 1.90. The fourth-order valence-electron chi connectivity index (χ4n) is 2.83. The first-order valence-corrected chi connectivity index (χ1v) is 7.46. The summed E-state index contributed by atoms with van der Waals surface area (Å²) in [6, 6.07) is 2.54. The van der Waals surface area contributed by atoms with Crippen molar-refractivity contribution in [2.45, 2.75) is 52.5 Å². The quantitative estimate of drug-likeness (QED) is 0.874. The van der Waals surface area contributed by atoms with Crippen molar-refractivity contribution >= 4 is 11.6 Å². The van der Waals surface area contributed by atoms with Crippen LogP contribution in [0.1, 0.15) is 45.9 Å². The fraction of sp³-hybridized carbons (Fsp3) is 0.733. The van der Waals surface area contributed by atoms with Crippen molar-refractivity contribution < 1.29 is 0 Å². The predicted octanol–water partition coefficient (Wildman–Crippen LogP) is 3.32. The van der Waals surface area contributed by atoms with E-state index in [-0.39, 0.29) is 0 Å². The van der Waals surface area contributed by atoms with Crippen LogP contribution in [0.15, 0.2) is 6.07 Å². The molecule has 1 fully saturated rings. The first kappa shape index (κ1) is 14.1. The monoisotopic (exact) mass is 262 g/mol. The Morgan fingerprint density at radius 2 is 1.95 bits per heavy atom. The van der Waals surface area contributed by atoms with Crippen LogP contribution < -0.4 is 10.6 Å². The topological polar surface area (TPSA) is 49.8 Å². The lowest BCUT2D eigenvalue weighted by atomic mass is 9.78. The SMILES string of the molecule is CCc1nc(NC)cc(NC2CCCC(C)C2C)n1. The van der Waals surface area contributed by atoms with Crippen molar-refractivity contribution in [2.24, 2.45) is 11.8 Å². The largest absolute Gasteiger partial charge is 0.373 e. The Balaban J connectivity index is 2.13. The Morgan fingerprint density at radius 1 is 1.21 bits per heavy atom. The number of aromatic nitrogens is 2. The van der Waals surface area contributed by atoms with E-state index in [2.05, 4.69) is 41.4 Å². The van der Waals surface area contributed by atoms with Gasteiger partial charge in [0.25, 0.3) is 0 Å². The van der Waals surface area contributed by atoms with E-state index in [1.165, 1.54) is 19.3 Å². The molecule has 1 aliphatic rings. The summed E-state index contributed by atoms with van der Waals surface area (Å²) < 4.78 is 0. The highest BCUT2D eigenvalue weighted by Gasteiger charge is 2.27. The Labute approximate surface area is 116 Å².